The summed E-state index contributed by atoms with van der Waals surface area (Å²) in [6.07, 6.45) is 2.53. The second-order valence-corrected chi connectivity index (χ2v) is 15.5. The van der Waals surface area contributed by atoms with Crippen LogP contribution in [0.4, 0.5) is 0 Å². The lowest BCUT2D eigenvalue weighted by Gasteiger charge is -2.28. The predicted octanol–water partition coefficient (Wildman–Crippen LogP) is 2.98. The van der Waals surface area contributed by atoms with Gasteiger partial charge in [-0.2, -0.15) is 0 Å². The Hall–Kier alpha value is -5.61. The van der Waals surface area contributed by atoms with Crippen molar-refractivity contribution in [3.8, 4) is 0 Å². The fraction of sp³-hybridized carbons (Fsp3) is 0.410. The van der Waals surface area contributed by atoms with Crippen LogP contribution in [0.1, 0.15) is 60.1 Å². The summed E-state index contributed by atoms with van der Waals surface area (Å²) in [4.78, 5) is 88.7. The lowest BCUT2D eigenvalue weighted by Crippen LogP contribution is -2.53. The Morgan fingerprint density at radius 2 is 1.55 bits per heavy atom. The van der Waals surface area contributed by atoms with Crippen molar-refractivity contribution in [1.82, 2.24) is 50.6 Å². The number of benzene rings is 2. The number of imidazole rings is 1. The van der Waals surface area contributed by atoms with Crippen molar-refractivity contribution < 1.29 is 24.0 Å². The quantitative estimate of drug-likeness (QED) is 0.174. The van der Waals surface area contributed by atoms with Crippen molar-refractivity contribution in [3.05, 3.63) is 82.2 Å². The number of amides is 5. The molecule has 0 spiro atoms. The van der Waals surface area contributed by atoms with Crippen molar-refractivity contribution >= 4 is 62.8 Å². The largest absolute Gasteiger partial charge is 0.361 e. The number of para-hydroxylation sites is 3. The number of hydrogen-bond acceptors (Lipinski definition) is 9. The van der Waals surface area contributed by atoms with Crippen LogP contribution in [0.3, 0.4) is 0 Å². The third-order valence-corrected chi connectivity index (χ3v) is 10.6. The number of aromatic amines is 2. The van der Waals surface area contributed by atoms with E-state index >= 15 is 0 Å². The van der Waals surface area contributed by atoms with Crippen LogP contribution < -0.4 is 16.0 Å². The Morgan fingerprint density at radius 3 is 2.31 bits per heavy atom. The minimum Gasteiger partial charge on any atom is -0.361 e. The molecule has 1 aliphatic rings. The van der Waals surface area contributed by atoms with Crippen LogP contribution in [0, 0.1) is 5.92 Å². The standard InChI is InChI=1S/C39H48N10O5S/c1-23(2)16-30-37-46-32(22-55-37)36(52)45-31(17-25-18-40-27-11-7-6-10-26(25)27)39(54)48(5)20-34(50)41-24(3)38(53)47(4)14-15-49(21-35(51)44-30)19-33-42-28-12-8-9-13-29(28)43-33/h6-13,18,22-24,30-31,40H,14-17,19-21H2,1-5H3,(H,41,50)(H,42,43)(H,44,51)(H,45,52)/t24-,30-,31+/m0/s1. The monoisotopic (exact) mass is 768 g/mol. The number of thiazole rings is 1. The molecule has 16 heteroatoms. The van der Waals surface area contributed by atoms with Gasteiger partial charge in [0.25, 0.3) is 5.91 Å². The third-order valence-electron chi connectivity index (χ3n) is 9.61. The zero-order valence-corrected chi connectivity index (χ0v) is 32.5. The molecule has 5 N–H and O–H groups in total. The van der Waals surface area contributed by atoms with Crippen molar-refractivity contribution in [2.45, 2.75) is 58.3 Å². The molecule has 55 heavy (non-hydrogen) atoms. The van der Waals surface area contributed by atoms with Crippen LogP contribution in [0.2, 0.25) is 0 Å². The molecule has 3 aromatic heterocycles. The van der Waals surface area contributed by atoms with Gasteiger partial charge in [-0.25, -0.2) is 9.97 Å². The molecule has 290 valence electrons. The Kier molecular flexibility index (Phi) is 12.3. The fourth-order valence-corrected chi connectivity index (χ4v) is 7.65. The Balaban J connectivity index is 1.29. The number of carbonyl (C=O) groups excluding carboxylic acids is 5. The number of aromatic nitrogens is 4. The number of nitrogens with zero attached hydrogens (tertiary/aromatic N) is 5. The van der Waals surface area contributed by atoms with Crippen LogP contribution in [0.15, 0.2) is 60.1 Å². The summed E-state index contributed by atoms with van der Waals surface area (Å²) in [5.41, 5.74) is 3.50. The average Bonchev–Trinajstić information content (AvgIpc) is 3.91. The van der Waals surface area contributed by atoms with Gasteiger partial charge in [0, 0.05) is 56.1 Å². The molecular weight excluding hydrogens is 721 g/mol. The zero-order chi connectivity index (χ0) is 39.2. The minimum absolute atomic E-state index is 0.00262. The Morgan fingerprint density at radius 1 is 0.818 bits per heavy atom. The maximum absolute atomic E-state index is 14.0. The van der Waals surface area contributed by atoms with E-state index < -0.39 is 35.8 Å². The van der Waals surface area contributed by atoms with E-state index in [4.69, 9.17) is 4.98 Å². The molecule has 6 rings (SSSR count). The first-order valence-corrected chi connectivity index (χ1v) is 19.3. The summed E-state index contributed by atoms with van der Waals surface area (Å²) in [6.45, 7) is 6.26. The molecule has 1 aliphatic heterocycles. The molecule has 0 saturated heterocycles. The normalized spacial score (nSPS) is 20.5. The molecule has 5 aromatic rings. The summed E-state index contributed by atoms with van der Waals surface area (Å²) >= 11 is 1.26. The average molecular weight is 769 g/mol. The second-order valence-electron chi connectivity index (χ2n) is 14.6. The molecule has 5 amide bonds. The van der Waals surface area contributed by atoms with Crippen molar-refractivity contribution in [2.24, 2.45) is 5.92 Å². The maximum Gasteiger partial charge on any atom is 0.271 e. The SMILES string of the molecule is CC(C)C[C@@H]1NC(=O)CN(Cc2nc3ccccc3[nH]2)CCN(C)C(=O)[C@H](C)NC(=O)CN(C)C(=O)[C@@H](Cc2c[nH]c3ccccc23)NC(=O)c2csc1n2. The topological polar surface area (TPSA) is 189 Å². The second kappa shape index (κ2) is 17.2. The van der Waals surface area contributed by atoms with Gasteiger partial charge in [0.1, 0.15) is 28.6 Å². The summed E-state index contributed by atoms with van der Waals surface area (Å²) in [5.74, 6) is -1.29. The number of H-pyrrole nitrogens is 2. The molecule has 0 aliphatic carbocycles. The molecule has 4 heterocycles. The van der Waals surface area contributed by atoms with Crippen LogP contribution >= 0.6 is 11.3 Å². The maximum atomic E-state index is 14.0. The van der Waals surface area contributed by atoms with Crippen LogP contribution in [-0.4, -0.2) is 117 Å². The number of nitrogens with one attached hydrogen (secondary N) is 5. The molecule has 2 bridgehead atoms. The van der Waals surface area contributed by atoms with Crippen LogP contribution in [0.25, 0.3) is 21.9 Å². The fourth-order valence-electron chi connectivity index (χ4n) is 6.79. The number of fused-ring (bicyclic) bond motifs is 4. The smallest absolute Gasteiger partial charge is 0.271 e. The Labute approximate surface area is 323 Å². The zero-order valence-electron chi connectivity index (χ0n) is 31.7. The Bertz CT molecular complexity index is 2140. The predicted molar refractivity (Wildman–Crippen MR) is 210 cm³/mol. The summed E-state index contributed by atoms with van der Waals surface area (Å²) in [5, 5.41) is 11.8. The van der Waals surface area contributed by atoms with E-state index in [0.717, 1.165) is 27.5 Å². The van der Waals surface area contributed by atoms with E-state index in [-0.39, 0.29) is 49.5 Å². The van der Waals surface area contributed by atoms with Crippen molar-refractivity contribution in [3.63, 3.8) is 0 Å². The van der Waals surface area contributed by atoms with Gasteiger partial charge in [-0.05, 0) is 43.0 Å². The number of carbonyl (C=O) groups is 5. The van der Waals surface area contributed by atoms with Gasteiger partial charge in [-0.3, -0.25) is 28.9 Å². The molecule has 15 nitrogen and oxygen atoms in total. The van der Waals surface area contributed by atoms with Gasteiger partial charge in [0.05, 0.1) is 36.7 Å². The molecule has 0 unspecified atom stereocenters. The van der Waals surface area contributed by atoms with Gasteiger partial charge in [0.15, 0.2) is 0 Å². The van der Waals surface area contributed by atoms with Crippen molar-refractivity contribution in [1.29, 1.82) is 0 Å². The number of likely N-dealkylation sites (N-methyl/N-ethyl adjacent to an activating group) is 2. The van der Waals surface area contributed by atoms with E-state index in [1.807, 2.05) is 67.3 Å². The summed E-state index contributed by atoms with van der Waals surface area (Å²) in [6, 6.07) is 12.9. The molecule has 0 saturated carbocycles. The minimum atomic E-state index is -1.04. The van der Waals surface area contributed by atoms with Crippen LogP contribution in [0.5, 0.6) is 0 Å². The molecule has 3 atom stereocenters. The summed E-state index contributed by atoms with van der Waals surface area (Å²) in [7, 11) is 3.13. The third kappa shape index (κ3) is 9.74. The van der Waals surface area contributed by atoms with E-state index in [2.05, 4.69) is 30.9 Å². The highest BCUT2D eigenvalue weighted by Crippen LogP contribution is 2.26. The summed E-state index contributed by atoms with van der Waals surface area (Å²) < 4.78 is 0. The highest BCUT2D eigenvalue weighted by Gasteiger charge is 2.30. The number of hydrogen-bond donors (Lipinski definition) is 5. The molecule has 0 fully saturated rings. The molecule has 2 aromatic carbocycles. The van der Waals surface area contributed by atoms with E-state index in [1.54, 1.807) is 25.5 Å². The highest BCUT2D eigenvalue weighted by atomic mass is 32.1. The van der Waals surface area contributed by atoms with Gasteiger partial charge < -0.3 is 35.7 Å². The van der Waals surface area contributed by atoms with E-state index in [1.165, 1.54) is 28.2 Å². The van der Waals surface area contributed by atoms with E-state index in [0.29, 0.717) is 30.3 Å². The van der Waals surface area contributed by atoms with Gasteiger partial charge >= 0.3 is 0 Å². The first kappa shape index (κ1) is 39.1. The molecule has 0 radical (unpaired) electrons. The van der Waals surface area contributed by atoms with Gasteiger partial charge in [-0.15, -0.1) is 11.3 Å². The number of rotatable bonds is 6. The van der Waals surface area contributed by atoms with E-state index in [9.17, 15) is 24.0 Å². The first-order chi connectivity index (χ1) is 26.3. The van der Waals surface area contributed by atoms with Crippen LogP contribution in [-0.2, 0) is 32.1 Å². The van der Waals surface area contributed by atoms with Gasteiger partial charge in [-0.1, -0.05) is 44.2 Å². The first-order valence-electron chi connectivity index (χ1n) is 18.4. The van der Waals surface area contributed by atoms with Gasteiger partial charge in [0.2, 0.25) is 23.6 Å². The van der Waals surface area contributed by atoms with Crippen molar-refractivity contribution in [2.75, 3.05) is 40.3 Å². The highest BCUT2D eigenvalue weighted by molar-refractivity contribution is 7.09. The lowest BCUT2D eigenvalue weighted by atomic mass is 10.0. The lowest BCUT2D eigenvalue weighted by molar-refractivity contribution is -0.138. The molecular formula is C39H48N10O5S.